The zero-order chi connectivity index (χ0) is 17.9. The van der Waals surface area contributed by atoms with Gasteiger partial charge >= 0.3 is 0 Å². The Bertz CT molecular complexity index is 732. The van der Waals surface area contributed by atoms with Crippen LogP contribution in [0.5, 0.6) is 0 Å². The maximum absolute atomic E-state index is 8.27. The van der Waals surface area contributed by atoms with Crippen molar-refractivity contribution < 1.29 is 12.2 Å². The Morgan fingerprint density at radius 2 is 2.17 bits per heavy atom. The van der Waals surface area contributed by atoms with Crippen molar-refractivity contribution in [2.45, 2.75) is 50.2 Å². The third-order valence-corrected chi connectivity index (χ3v) is 6.45. The van der Waals surface area contributed by atoms with Gasteiger partial charge in [0.2, 0.25) is 0 Å². The van der Waals surface area contributed by atoms with E-state index in [1.165, 1.54) is 5.56 Å². The highest BCUT2D eigenvalue weighted by Gasteiger charge is 2.59. The molecule has 0 saturated heterocycles. The summed E-state index contributed by atoms with van der Waals surface area (Å²) in [5, 5.41) is 0. The van der Waals surface area contributed by atoms with E-state index in [4.69, 9.17) is 22.9 Å². The molecular formula is C18H23BrN2O2. The van der Waals surface area contributed by atoms with Crippen LogP contribution in [0, 0.1) is 5.41 Å². The monoisotopic (exact) mass is 380 g/mol. The van der Waals surface area contributed by atoms with Crippen molar-refractivity contribution in [3.05, 3.63) is 33.8 Å². The fourth-order valence-corrected chi connectivity index (χ4v) is 5.14. The molecule has 2 spiro atoms. The maximum Gasteiger partial charge on any atom is 0.282 e. The topological polar surface area (TPSA) is 56.8 Å². The molecule has 0 amide bonds. The fourth-order valence-electron chi connectivity index (χ4n) is 4.78. The Hall–Kier alpha value is -1.07. The van der Waals surface area contributed by atoms with E-state index in [-0.39, 0.29) is 24.0 Å². The van der Waals surface area contributed by atoms with E-state index in [0.717, 1.165) is 42.1 Å². The first-order chi connectivity index (χ1) is 11.8. The van der Waals surface area contributed by atoms with E-state index in [1.807, 2.05) is 6.07 Å². The number of nitrogens with two attached hydrogens (primary N) is 1. The molecule has 4 rings (SSSR count). The van der Waals surface area contributed by atoms with Crippen LogP contribution in [0.15, 0.2) is 27.7 Å². The van der Waals surface area contributed by atoms with Crippen LogP contribution < -0.4 is 5.73 Å². The number of methoxy groups -OCH3 is 1. The number of hydrogen-bond acceptors (Lipinski definition) is 4. The first kappa shape index (κ1) is 13.2. The normalized spacial score (nSPS) is 39.4. The number of hydrogen-bond donors (Lipinski definition) is 1. The summed E-state index contributed by atoms with van der Waals surface area (Å²) >= 11 is 3.57. The molecule has 124 valence electrons. The zero-order valence-corrected chi connectivity index (χ0v) is 14.9. The van der Waals surface area contributed by atoms with E-state index >= 15 is 0 Å². The van der Waals surface area contributed by atoms with Crippen LogP contribution in [0.2, 0.25) is 0 Å². The molecule has 4 nitrogen and oxygen atoms in total. The third kappa shape index (κ3) is 2.23. The smallest absolute Gasteiger partial charge is 0.282 e. The summed E-state index contributed by atoms with van der Waals surface area (Å²) in [6.07, 6.45) is 5.20. The minimum atomic E-state index is -1.82. The minimum absolute atomic E-state index is 0.0442. The molecule has 23 heavy (non-hydrogen) atoms. The van der Waals surface area contributed by atoms with Gasteiger partial charge < -0.3 is 15.2 Å². The molecule has 0 radical (unpaired) electrons. The summed E-state index contributed by atoms with van der Waals surface area (Å²) in [5.41, 5.74) is 7.49. The van der Waals surface area contributed by atoms with Crippen molar-refractivity contribution in [1.29, 1.82) is 0 Å². The van der Waals surface area contributed by atoms with Gasteiger partial charge in [0.15, 0.2) is 0 Å². The Labute approximate surface area is 148 Å². The second-order valence-corrected chi connectivity index (χ2v) is 7.84. The summed E-state index contributed by atoms with van der Waals surface area (Å²) in [6, 6.07) is 6.23. The Morgan fingerprint density at radius 1 is 1.39 bits per heavy atom. The minimum Gasteiger partial charge on any atom is -0.465 e. The average Bonchev–Trinajstić information content (AvgIpc) is 2.76. The van der Waals surface area contributed by atoms with Crippen molar-refractivity contribution in [3.63, 3.8) is 0 Å². The number of aliphatic imine (C=N–C) groups is 1. The molecular weight excluding hydrogens is 356 g/mol. The highest BCUT2D eigenvalue weighted by Crippen LogP contribution is 2.62. The van der Waals surface area contributed by atoms with Crippen molar-refractivity contribution in [2.24, 2.45) is 16.1 Å². The van der Waals surface area contributed by atoms with Crippen molar-refractivity contribution in [1.82, 2.24) is 0 Å². The number of amidine groups is 1. The van der Waals surface area contributed by atoms with Crippen LogP contribution in [0.1, 0.15) is 46.0 Å². The predicted octanol–water partition coefficient (Wildman–Crippen LogP) is 3.51. The van der Waals surface area contributed by atoms with Crippen molar-refractivity contribution in [2.75, 3.05) is 13.7 Å². The van der Waals surface area contributed by atoms with Crippen LogP contribution in [-0.2, 0) is 21.4 Å². The molecule has 1 aromatic rings. The van der Waals surface area contributed by atoms with Crippen LogP contribution >= 0.6 is 15.9 Å². The zero-order valence-electron chi connectivity index (χ0n) is 15.3. The summed E-state index contributed by atoms with van der Waals surface area (Å²) in [6.45, 7) is -1.82. The molecule has 1 saturated carbocycles. The van der Waals surface area contributed by atoms with Gasteiger partial charge in [0, 0.05) is 23.4 Å². The lowest BCUT2D eigenvalue weighted by Gasteiger charge is -2.49. The van der Waals surface area contributed by atoms with Gasteiger partial charge in [-0.15, -0.1) is 0 Å². The second kappa shape index (κ2) is 5.49. The Morgan fingerprint density at radius 3 is 2.87 bits per heavy atom. The van der Waals surface area contributed by atoms with Crippen molar-refractivity contribution >= 4 is 22.0 Å². The summed E-state index contributed by atoms with van der Waals surface area (Å²) < 4.78 is 28.3. The van der Waals surface area contributed by atoms with Gasteiger partial charge in [-0.05, 0) is 55.4 Å². The number of benzene rings is 1. The maximum atomic E-state index is 8.27. The molecule has 1 fully saturated rings. The molecule has 2 N–H and O–H groups in total. The molecule has 0 bridgehead atoms. The number of halogens is 1. The third-order valence-electron chi connectivity index (χ3n) is 5.95. The highest BCUT2D eigenvalue weighted by molar-refractivity contribution is 9.10. The number of fused-ring (bicyclic) bond motifs is 3. The van der Waals surface area contributed by atoms with Gasteiger partial charge in [-0.3, -0.25) is 0 Å². The SMILES string of the molecule is [2H]C1([2H])CC2(N=C(N)O1)c1cc(Br)ccc1CC21CCC(OC)CC1. The lowest BCUT2D eigenvalue weighted by atomic mass is 9.60. The van der Waals surface area contributed by atoms with Gasteiger partial charge in [0.25, 0.3) is 6.02 Å². The molecule has 1 aliphatic heterocycles. The Kier molecular flexibility index (Phi) is 3.16. The van der Waals surface area contributed by atoms with Crippen molar-refractivity contribution in [3.8, 4) is 0 Å². The van der Waals surface area contributed by atoms with Crippen LogP contribution in [0.4, 0.5) is 0 Å². The number of ether oxygens (including phenoxy) is 2. The van der Waals surface area contributed by atoms with Gasteiger partial charge in [-0.1, -0.05) is 22.0 Å². The van der Waals surface area contributed by atoms with Crippen LogP contribution in [0.25, 0.3) is 0 Å². The first-order valence-electron chi connectivity index (χ1n) is 9.15. The van der Waals surface area contributed by atoms with Gasteiger partial charge in [0.1, 0.15) is 5.54 Å². The lowest BCUT2D eigenvalue weighted by Crippen LogP contribution is -2.49. The van der Waals surface area contributed by atoms with E-state index in [1.54, 1.807) is 7.11 Å². The number of rotatable bonds is 1. The molecule has 1 aromatic carbocycles. The molecule has 1 atom stereocenters. The van der Waals surface area contributed by atoms with E-state index in [2.05, 4.69) is 28.1 Å². The lowest BCUT2D eigenvalue weighted by molar-refractivity contribution is -0.0148. The number of nitrogens with zero attached hydrogens (tertiary/aromatic N) is 1. The molecule has 0 aromatic heterocycles. The van der Waals surface area contributed by atoms with Crippen LogP contribution in [-0.4, -0.2) is 25.8 Å². The standard InChI is InChI=1S/C18H23BrN2O2/c1-22-14-4-6-17(7-5-14)11-12-2-3-13(19)10-15(12)18(17)8-9-23-16(20)21-18/h2-3,10,14H,4-9,11H2,1H3,(H2,20,21)/i9D2. The van der Waals surface area contributed by atoms with E-state index < -0.39 is 12.1 Å². The largest absolute Gasteiger partial charge is 0.465 e. The molecule has 1 heterocycles. The first-order valence-corrected chi connectivity index (χ1v) is 8.95. The Balaban J connectivity index is 1.87. The highest BCUT2D eigenvalue weighted by atomic mass is 79.9. The quantitative estimate of drug-likeness (QED) is 0.810. The molecule has 1 unspecified atom stereocenters. The summed E-state index contributed by atoms with van der Waals surface area (Å²) in [5.74, 6) is 0. The van der Waals surface area contributed by atoms with Crippen LogP contribution in [0.3, 0.4) is 0 Å². The molecule has 5 heteroatoms. The van der Waals surface area contributed by atoms with E-state index in [9.17, 15) is 0 Å². The molecule has 3 aliphatic rings. The fraction of sp³-hybridized carbons (Fsp3) is 0.611. The molecule has 2 aliphatic carbocycles. The van der Waals surface area contributed by atoms with Gasteiger partial charge in [0.05, 0.1) is 15.4 Å². The average molecular weight is 381 g/mol. The second-order valence-electron chi connectivity index (χ2n) is 6.93. The van der Waals surface area contributed by atoms with Gasteiger partial charge in [-0.25, -0.2) is 4.99 Å². The summed E-state index contributed by atoms with van der Waals surface area (Å²) in [4.78, 5) is 4.79. The summed E-state index contributed by atoms with van der Waals surface area (Å²) in [7, 11) is 1.77. The predicted molar refractivity (Wildman–Crippen MR) is 93.4 cm³/mol. The van der Waals surface area contributed by atoms with Gasteiger partial charge in [-0.2, -0.15) is 0 Å². The van der Waals surface area contributed by atoms with E-state index in [0.29, 0.717) is 0 Å².